The predicted octanol–water partition coefficient (Wildman–Crippen LogP) is 2.51. The maximum absolute atomic E-state index is 12.2. The van der Waals surface area contributed by atoms with Gasteiger partial charge in [0.25, 0.3) is 5.91 Å². The Balaban J connectivity index is 1.80. The standard InChI is InChI=1S/C20H16F2N2O6/c1-27-16-9-11(2-7-15(16)28-10-17(23)25)8-14-19(26)30-18(24-14)12-3-5-13(6-4-12)29-20(21)22/h2-9,20H,10H2,1H3,(H2,23,25)/b14-8-. The van der Waals surface area contributed by atoms with Crippen molar-refractivity contribution in [2.24, 2.45) is 10.7 Å². The number of amides is 1. The van der Waals surface area contributed by atoms with E-state index in [1.165, 1.54) is 37.5 Å². The third kappa shape index (κ3) is 5.10. The van der Waals surface area contributed by atoms with Crippen molar-refractivity contribution in [3.05, 3.63) is 59.3 Å². The van der Waals surface area contributed by atoms with Gasteiger partial charge < -0.3 is 24.7 Å². The number of nitrogens with zero attached hydrogens (tertiary/aromatic N) is 1. The van der Waals surface area contributed by atoms with Crippen molar-refractivity contribution in [3.8, 4) is 17.2 Å². The number of alkyl halides is 2. The van der Waals surface area contributed by atoms with E-state index in [4.69, 9.17) is 19.9 Å². The number of cyclic esters (lactones) is 1. The molecule has 0 atom stereocenters. The minimum atomic E-state index is -2.93. The molecule has 10 heteroatoms. The van der Waals surface area contributed by atoms with E-state index in [-0.39, 0.29) is 24.0 Å². The van der Waals surface area contributed by atoms with Crippen LogP contribution in [0.2, 0.25) is 0 Å². The lowest BCUT2D eigenvalue weighted by Crippen LogP contribution is -2.20. The van der Waals surface area contributed by atoms with E-state index in [0.717, 1.165) is 0 Å². The Kier molecular flexibility index (Phi) is 6.26. The van der Waals surface area contributed by atoms with Gasteiger partial charge in [-0.05, 0) is 48.0 Å². The van der Waals surface area contributed by atoms with Crippen molar-refractivity contribution in [2.75, 3.05) is 13.7 Å². The number of aliphatic imine (C=N–C) groups is 1. The molecule has 156 valence electrons. The number of hydrogen-bond donors (Lipinski definition) is 1. The second-order valence-corrected chi connectivity index (χ2v) is 5.90. The molecule has 0 fully saturated rings. The number of halogens is 2. The summed E-state index contributed by atoms with van der Waals surface area (Å²) in [7, 11) is 1.42. The normalized spacial score (nSPS) is 14.5. The SMILES string of the molecule is COc1cc(/C=C2\N=C(c3ccc(OC(F)F)cc3)OC2=O)ccc1OCC(N)=O. The topological polar surface area (TPSA) is 109 Å². The molecule has 1 aliphatic rings. The first-order chi connectivity index (χ1) is 14.4. The minimum absolute atomic E-state index is 0.0276. The van der Waals surface area contributed by atoms with E-state index in [9.17, 15) is 18.4 Å². The lowest BCUT2D eigenvalue weighted by Gasteiger charge is -2.09. The number of primary amides is 1. The lowest BCUT2D eigenvalue weighted by molar-refractivity contribution is -0.130. The zero-order valence-corrected chi connectivity index (χ0v) is 15.6. The van der Waals surface area contributed by atoms with E-state index in [1.54, 1.807) is 18.2 Å². The molecule has 3 rings (SSSR count). The first-order valence-electron chi connectivity index (χ1n) is 8.52. The summed E-state index contributed by atoms with van der Waals surface area (Å²) in [6.07, 6.45) is 1.48. The van der Waals surface area contributed by atoms with Crippen LogP contribution in [0.15, 0.2) is 53.2 Å². The second kappa shape index (κ2) is 9.03. The number of ether oxygens (including phenoxy) is 4. The summed E-state index contributed by atoms with van der Waals surface area (Å²) in [5, 5.41) is 0. The van der Waals surface area contributed by atoms with Gasteiger partial charge in [-0.25, -0.2) is 9.79 Å². The Bertz CT molecular complexity index is 1020. The van der Waals surface area contributed by atoms with Crippen LogP contribution in [0, 0.1) is 0 Å². The Morgan fingerprint density at radius 3 is 2.57 bits per heavy atom. The van der Waals surface area contributed by atoms with Gasteiger partial charge >= 0.3 is 12.6 Å². The molecule has 0 saturated carbocycles. The fourth-order valence-electron chi connectivity index (χ4n) is 2.51. The van der Waals surface area contributed by atoms with E-state index < -0.39 is 18.5 Å². The number of nitrogens with two attached hydrogens (primary N) is 1. The molecule has 0 saturated heterocycles. The first-order valence-corrected chi connectivity index (χ1v) is 8.52. The van der Waals surface area contributed by atoms with E-state index in [2.05, 4.69) is 9.73 Å². The first kappa shape index (κ1) is 20.8. The summed E-state index contributed by atoms with van der Waals surface area (Å²) in [6.45, 7) is -3.24. The molecule has 2 aromatic rings. The van der Waals surface area contributed by atoms with Crippen LogP contribution in [0.5, 0.6) is 17.2 Å². The predicted molar refractivity (Wildman–Crippen MR) is 101 cm³/mol. The highest BCUT2D eigenvalue weighted by Gasteiger charge is 2.24. The molecule has 1 amide bonds. The molecule has 2 aromatic carbocycles. The summed E-state index contributed by atoms with van der Waals surface area (Å²) < 4.78 is 44.3. The summed E-state index contributed by atoms with van der Waals surface area (Å²) in [5.74, 6) is -0.666. The van der Waals surface area contributed by atoms with E-state index in [1.807, 2.05) is 0 Å². The zero-order valence-electron chi connectivity index (χ0n) is 15.6. The van der Waals surface area contributed by atoms with Crippen LogP contribution in [-0.4, -0.2) is 38.1 Å². The number of methoxy groups -OCH3 is 1. The van der Waals surface area contributed by atoms with Crippen molar-refractivity contribution >= 4 is 23.9 Å². The summed E-state index contributed by atoms with van der Waals surface area (Å²) in [5.41, 5.74) is 6.07. The van der Waals surface area contributed by atoms with Crippen LogP contribution in [0.4, 0.5) is 8.78 Å². The highest BCUT2D eigenvalue weighted by Crippen LogP contribution is 2.30. The van der Waals surface area contributed by atoms with E-state index in [0.29, 0.717) is 22.6 Å². The maximum atomic E-state index is 12.2. The Labute approximate surface area is 169 Å². The van der Waals surface area contributed by atoms with Gasteiger partial charge in [0, 0.05) is 5.56 Å². The van der Waals surface area contributed by atoms with Crippen molar-refractivity contribution < 1.29 is 37.3 Å². The van der Waals surface area contributed by atoms with Gasteiger partial charge in [-0.1, -0.05) is 6.07 Å². The molecule has 1 aliphatic heterocycles. The fraction of sp³-hybridized carbons (Fsp3) is 0.150. The van der Waals surface area contributed by atoms with Gasteiger partial charge in [0.1, 0.15) is 5.75 Å². The van der Waals surface area contributed by atoms with E-state index >= 15 is 0 Å². The fourth-order valence-corrected chi connectivity index (χ4v) is 2.51. The Morgan fingerprint density at radius 1 is 1.20 bits per heavy atom. The largest absolute Gasteiger partial charge is 0.493 e. The molecular formula is C20H16F2N2O6. The van der Waals surface area contributed by atoms with Gasteiger partial charge in [0.15, 0.2) is 23.8 Å². The van der Waals surface area contributed by atoms with Crippen LogP contribution in [0.3, 0.4) is 0 Å². The second-order valence-electron chi connectivity index (χ2n) is 5.90. The van der Waals surface area contributed by atoms with Crippen molar-refractivity contribution in [3.63, 3.8) is 0 Å². The third-order valence-corrected chi connectivity index (χ3v) is 3.81. The van der Waals surface area contributed by atoms with Crippen LogP contribution in [-0.2, 0) is 14.3 Å². The smallest absolute Gasteiger partial charge is 0.387 e. The minimum Gasteiger partial charge on any atom is -0.493 e. The highest BCUT2D eigenvalue weighted by atomic mass is 19.3. The number of hydrogen-bond acceptors (Lipinski definition) is 7. The average molecular weight is 418 g/mol. The van der Waals surface area contributed by atoms with Crippen molar-refractivity contribution in [2.45, 2.75) is 6.61 Å². The third-order valence-electron chi connectivity index (χ3n) is 3.81. The van der Waals surface area contributed by atoms with Gasteiger partial charge in [-0.2, -0.15) is 8.78 Å². The van der Waals surface area contributed by atoms with Crippen LogP contribution >= 0.6 is 0 Å². The molecule has 8 nitrogen and oxygen atoms in total. The number of esters is 1. The summed E-state index contributed by atoms with van der Waals surface area (Å²) in [6, 6.07) is 10.3. The number of carbonyl (C=O) groups is 2. The van der Waals surface area contributed by atoms with Crippen molar-refractivity contribution in [1.82, 2.24) is 0 Å². The maximum Gasteiger partial charge on any atom is 0.387 e. The van der Waals surface area contributed by atoms with Crippen LogP contribution in [0.1, 0.15) is 11.1 Å². The average Bonchev–Trinajstić information content (AvgIpc) is 3.07. The number of rotatable bonds is 8. The van der Waals surface area contributed by atoms with Gasteiger partial charge in [-0.15, -0.1) is 0 Å². The molecule has 0 bridgehead atoms. The Hall–Kier alpha value is -3.95. The summed E-state index contributed by atoms with van der Waals surface area (Å²) >= 11 is 0. The van der Waals surface area contributed by atoms with Gasteiger partial charge in [-0.3, -0.25) is 4.79 Å². The molecule has 2 N–H and O–H groups in total. The molecule has 0 aliphatic carbocycles. The monoisotopic (exact) mass is 418 g/mol. The molecule has 0 unspecified atom stereocenters. The lowest BCUT2D eigenvalue weighted by atomic mass is 10.1. The molecular weight excluding hydrogens is 402 g/mol. The molecule has 1 heterocycles. The highest BCUT2D eigenvalue weighted by molar-refractivity contribution is 6.12. The number of benzene rings is 2. The van der Waals surface area contributed by atoms with Crippen LogP contribution in [0.25, 0.3) is 6.08 Å². The Morgan fingerprint density at radius 2 is 1.93 bits per heavy atom. The molecule has 0 radical (unpaired) electrons. The molecule has 0 aromatic heterocycles. The van der Waals surface area contributed by atoms with Crippen LogP contribution < -0.4 is 19.9 Å². The van der Waals surface area contributed by atoms with Gasteiger partial charge in [0.05, 0.1) is 7.11 Å². The summed E-state index contributed by atoms with van der Waals surface area (Å²) in [4.78, 5) is 27.1. The molecule has 30 heavy (non-hydrogen) atoms. The molecule has 0 spiro atoms. The number of carbonyl (C=O) groups excluding carboxylic acids is 2. The van der Waals surface area contributed by atoms with Gasteiger partial charge in [0.2, 0.25) is 5.90 Å². The quantitative estimate of drug-likeness (QED) is 0.521. The zero-order chi connectivity index (χ0) is 21.7. The van der Waals surface area contributed by atoms with Crippen molar-refractivity contribution in [1.29, 1.82) is 0 Å².